The summed E-state index contributed by atoms with van der Waals surface area (Å²) >= 11 is 5.75. The first-order valence-electron chi connectivity index (χ1n) is 4.73. The predicted octanol–water partition coefficient (Wildman–Crippen LogP) is 2.89. The van der Waals surface area contributed by atoms with Gasteiger partial charge < -0.3 is 0 Å². The van der Waals surface area contributed by atoms with E-state index >= 15 is 0 Å². The van der Waals surface area contributed by atoms with Crippen molar-refractivity contribution in [3.63, 3.8) is 0 Å². The normalized spacial score (nSPS) is 10.8. The van der Waals surface area contributed by atoms with Crippen LogP contribution in [0.1, 0.15) is 10.4 Å². The van der Waals surface area contributed by atoms with E-state index in [1.54, 1.807) is 36.7 Å². The Bertz CT molecular complexity index is 500. The lowest BCUT2D eigenvalue weighted by molar-refractivity contribution is 0.0955. The van der Waals surface area contributed by atoms with Gasteiger partial charge in [0.2, 0.25) is 0 Å². The lowest BCUT2D eigenvalue weighted by Crippen LogP contribution is -2.06. The minimum atomic E-state index is -0.181. The number of benzene rings is 1. The summed E-state index contributed by atoms with van der Waals surface area (Å²) in [5.41, 5.74) is 0.921. The van der Waals surface area contributed by atoms with Gasteiger partial charge in [-0.3, -0.25) is 4.79 Å². The molecule has 0 unspecified atom stereocenters. The van der Waals surface area contributed by atoms with Crippen LogP contribution in [-0.4, -0.2) is 15.7 Å². The molecule has 80 valence electrons. The minimum absolute atomic E-state index is 0.181. The summed E-state index contributed by atoms with van der Waals surface area (Å²) in [5.74, 6) is -0.181. The maximum Gasteiger partial charge on any atom is 0.270 e. The molecule has 0 aliphatic heterocycles. The summed E-state index contributed by atoms with van der Waals surface area (Å²) in [6.07, 6.45) is 6.36. The summed E-state index contributed by atoms with van der Waals surface area (Å²) in [4.78, 5) is 11.5. The van der Waals surface area contributed by atoms with Crippen LogP contribution in [0.15, 0.2) is 48.8 Å². The zero-order chi connectivity index (χ0) is 11.4. The summed E-state index contributed by atoms with van der Waals surface area (Å²) < 4.78 is 1.27. The van der Waals surface area contributed by atoms with Crippen molar-refractivity contribution >= 4 is 23.6 Å². The largest absolute Gasteiger partial charge is 0.270 e. The van der Waals surface area contributed by atoms with E-state index in [2.05, 4.69) is 5.10 Å². The molecule has 0 fully saturated rings. The van der Waals surface area contributed by atoms with Crippen molar-refractivity contribution in [2.24, 2.45) is 0 Å². The Morgan fingerprint density at radius 2 is 2.06 bits per heavy atom. The maximum atomic E-state index is 11.5. The van der Waals surface area contributed by atoms with E-state index < -0.39 is 0 Å². The number of carbonyl (C=O) groups excluding carboxylic acids is 1. The molecule has 2 rings (SSSR count). The molecular formula is C12H9ClN2O. The van der Waals surface area contributed by atoms with Gasteiger partial charge >= 0.3 is 0 Å². The van der Waals surface area contributed by atoms with Crippen LogP contribution in [0, 0.1) is 0 Å². The molecule has 0 atom stereocenters. The van der Waals surface area contributed by atoms with Crippen LogP contribution in [-0.2, 0) is 0 Å². The van der Waals surface area contributed by atoms with E-state index in [4.69, 9.17) is 11.6 Å². The number of carbonyl (C=O) groups is 1. The van der Waals surface area contributed by atoms with E-state index in [0.717, 1.165) is 5.56 Å². The minimum Gasteiger partial charge on any atom is -0.267 e. The molecule has 0 saturated carbocycles. The quantitative estimate of drug-likeness (QED) is 0.747. The molecule has 1 aromatic carbocycles. The Balaban J connectivity index is 2.10. The van der Waals surface area contributed by atoms with Crippen LogP contribution < -0.4 is 0 Å². The number of aromatic nitrogens is 2. The summed E-state index contributed by atoms with van der Waals surface area (Å²) in [6, 6.07) is 8.94. The fourth-order valence-electron chi connectivity index (χ4n) is 1.22. The number of allylic oxidation sites excluding steroid dienone is 1. The van der Waals surface area contributed by atoms with E-state index in [-0.39, 0.29) is 5.91 Å². The molecule has 3 nitrogen and oxygen atoms in total. The SMILES string of the molecule is O=C(C=Cc1ccc(Cl)cc1)n1cccn1. The smallest absolute Gasteiger partial charge is 0.267 e. The fourth-order valence-corrected chi connectivity index (χ4v) is 1.34. The monoisotopic (exact) mass is 232 g/mol. The van der Waals surface area contributed by atoms with Gasteiger partial charge in [-0.25, -0.2) is 4.68 Å². The van der Waals surface area contributed by atoms with Crippen LogP contribution in [0.2, 0.25) is 5.02 Å². The molecule has 0 saturated heterocycles. The lowest BCUT2D eigenvalue weighted by Gasteiger charge is -1.94. The van der Waals surface area contributed by atoms with Gasteiger partial charge in [-0.2, -0.15) is 5.10 Å². The molecule has 16 heavy (non-hydrogen) atoms. The molecule has 0 aliphatic carbocycles. The van der Waals surface area contributed by atoms with Crippen molar-refractivity contribution in [3.8, 4) is 0 Å². The zero-order valence-electron chi connectivity index (χ0n) is 8.38. The molecule has 0 bridgehead atoms. The first kappa shape index (κ1) is 10.6. The highest BCUT2D eigenvalue weighted by Gasteiger charge is 1.98. The third-order valence-corrected chi connectivity index (χ3v) is 2.27. The van der Waals surface area contributed by atoms with Crippen molar-refractivity contribution in [1.82, 2.24) is 9.78 Å². The third kappa shape index (κ3) is 2.58. The van der Waals surface area contributed by atoms with E-state index in [1.807, 2.05) is 12.1 Å². The average Bonchev–Trinajstić information content (AvgIpc) is 2.81. The molecule has 0 amide bonds. The molecule has 0 aliphatic rings. The lowest BCUT2D eigenvalue weighted by atomic mass is 10.2. The first-order valence-corrected chi connectivity index (χ1v) is 5.11. The van der Waals surface area contributed by atoms with Gasteiger partial charge in [0.1, 0.15) is 0 Å². The van der Waals surface area contributed by atoms with Crippen molar-refractivity contribution in [2.75, 3.05) is 0 Å². The van der Waals surface area contributed by atoms with Crippen molar-refractivity contribution in [3.05, 3.63) is 59.4 Å². The molecule has 2 aromatic rings. The molecule has 1 aromatic heterocycles. The second-order valence-corrected chi connectivity index (χ2v) is 3.61. The topological polar surface area (TPSA) is 34.9 Å². The van der Waals surface area contributed by atoms with Crippen molar-refractivity contribution in [2.45, 2.75) is 0 Å². The second kappa shape index (κ2) is 4.77. The highest BCUT2D eigenvalue weighted by Crippen LogP contribution is 2.10. The molecule has 4 heteroatoms. The number of halogens is 1. The van der Waals surface area contributed by atoms with E-state index in [1.165, 1.54) is 10.8 Å². The maximum absolute atomic E-state index is 11.5. The number of nitrogens with zero attached hydrogens (tertiary/aromatic N) is 2. The molecule has 0 spiro atoms. The standard InChI is InChI=1S/C12H9ClN2O/c13-11-5-2-10(3-6-11)4-7-12(16)15-9-1-8-14-15/h1-9H. The fraction of sp³-hybridized carbons (Fsp3) is 0. The van der Waals surface area contributed by atoms with Gasteiger partial charge in [0.25, 0.3) is 5.91 Å². The number of rotatable bonds is 2. The third-order valence-electron chi connectivity index (χ3n) is 2.02. The van der Waals surface area contributed by atoms with Crippen molar-refractivity contribution < 1.29 is 4.79 Å². The van der Waals surface area contributed by atoms with Crippen LogP contribution in [0.4, 0.5) is 0 Å². The highest BCUT2D eigenvalue weighted by atomic mass is 35.5. The Hall–Kier alpha value is -1.87. The van der Waals surface area contributed by atoms with E-state index in [9.17, 15) is 4.79 Å². The summed E-state index contributed by atoms with van der Waals surface area (Å²) in [7, 11) is 0. The summed E-state index contributed by atoms with van der Waals surface area (Å²) in [5, 5.41) is 4.51. The Morgan fingerprint density at radius 3 is 2.69 bits per heavy atom. The molecule has 1 heterocycles. The van der Waals surface area contributed by atoms with Gasteiger partial charge in [0.15, 0.2) is 0 Å². The Morgan fingerprint density at radius 1 is 1.31 bits per heavy atom. The molecular weight excluding hydrogens is 224 g/mol. The van der Waals surface area contributed by atoms with Gasteiger partial charge in [-0.1, -0.05) is 23.7 Å². The Kier molecular flexibility index (Phi) is 3.17. The van der Waals surface area contributed by atoms with Gasteiger partial charge in [0.05, 0.1) is 0 Å². The van der Waals surface area contributed by atoms with Crippen LogP contribution in [0.5, 0.6) is 0 Å². The van der Waals surface area contributed by atoms with Crippen LogP contribution in [0.3, 0.4) is 0 Å². The van der Waals surface area contributed by atoms with Gasteiger partial charge in [-0.15, -0.1) is 0 Å². The highest BCUT2D eigenvalue weighted by molar-refractivity contribution is 6.30. The van der Waals surface area contributed by atoms with E-state index in [0.29, 0.717) is 5.02 Å². The molecule has 0 radical (unpaired) electrons. The summed E-state index contributed by atoms with van der Waals surface area (Å²) in [6.45, 7) is 0. The van der Waals surface area contributed by atoms with Gasteiger partial charge in [-0.05, 0) is 29.8 Å². The first-order chi connectivity index (χ1) is 7.75. The zero-order valence-corrected chi connectivity index (χ0v) is 9.13. The second-order valence-electron chi connectivity index (χ2n) is 3.17. The Labute approximate surface area is 98.0 Å². The van der Waals surface area contributed by atoms with Crippen molar-refractivity contribution in [1.29, 1.82) is 0 Å². The van der Waals surface area contributed by atoms with Gasteiger partial charge in [0, 0.05) is 23.5 Å². The van der Waals surface area contributed by atoms with Crippen LogP contribution in [0.25, 0.3) is 6.08 Å². The number of hydrogen-bond acceptors (Lipinski definition) is 2. The average molecular weight is 233 g/mol. The number of hydrogen-bond donors (Lipinski definition) is 0. The molecule has 0 N–H and O–H groups in total. The predicted molar refractivity (Wildman–Crippen MR) is 63.3 cm³/mol. The van der Waals surface area contributed by atoms with Crippen LogP contribution >= 0.6 is 11.6 Å².